The second kappa shape index (κ2) is 4.79. The van der Waals surface area contributed by atoms with Gasteiger partial charge in [-0.25, -0.2) is 8.42 Å². The maximum absolute atomic E-state index is 13.0. The van der Waals surface area contributed by atoms with Gasteiger partial charge in [-0.3, -0.25) is 0 Å². The Balaban J connectivity index is 2.48. The number of benzene rings is 1. The highest BCUT2D eigenvalue weighted by Crippen LogP contribution is 2.40. The molecule has 0 spiro atoms. The van der Waals surface area contributed by atoms with Crippen molar-refractivity contribution >= 4 is 10.0 Å². The Hall–Kier alpha value is -1.08. The maximum atomic E-state index is 13.0. The highest BCUT2D eigenvalue weighted by Gasteiger charge is 2.39. The smallest absolute Gasteiger partial charge is 0.212 e. The van der Waals surface area contributed by atoms with E-state index in [1.807, 2.05) is 0 Å². The van der Waals surface area contributed by atoms with Crippen LogP contribution in [0.5, 0.6) is 0 Å². The van der Waals surface area contributed by atoms with Crippen LogP contribution in [0.15, 0.2) is 24.3 Å². The van der Waals surface area contributed by atoms with Crippen molar-refractivity contribution in [3.05, 3.63) is 35.4 Å². The van der Waals surface area contributed by atoms with Crippen LogP contribution in [0.4, 0.5) is 13.2 Å². The summed E-state index contributed by atoms with van der Waals surface area (Å²) >= 11 is 0. The Morgan fingerprint density at radius 3 is 2.47 bits per heavy atom. The molecule has 0 amide bonds. The van der Waals surface area contributed by atoms with Gasteiger partial charge in [-0.2, -0.15) is 17.5 Å². The Morgan fingerprint density at radius 1 is 1.26 bits per heavy atom. The third-order valence-electron chi connectivity index (χ3n) is 3.25. The number of hydrogen-bond acceptors (Lipinski definition) is 2. The molecule has 0 saturated carbocycles. The second-order valence-corrected chi connectivity index (χ2v) is 6.55. The summed E-state index contributed by atoms with van der Waals surface area (Å²) in [7, 11) is -3.50. The lowest BCUT2D eigenvalue weighted by Crippen LogP contribution is -2.30. The molecule has 1 atom stereocenters. The summed E-state index contributed by atoms with van der Waals surface area (Å²) in [5.41, 5.74) is -0.714. The van der Waals surface area contributed by atoms with Crippen molar-refractivity contribution in [2.45, 2.75) is 25.1 Å². The van der Waals surface area contributed by atoms with Crippen molar-refractivity contribution < 1.29 is 21.6 Å². The van der Waals surface area contributed by atoms with E-state index in [1.165, 1.54) is 18.2 Å². The number of alkyl halides is 3. The zero-order chi connectivity index (χ0) is 14.3. The molecular weight excluding hydrogens is 279 g/mol. The first kappa shape index (κ1) is 14.3. The minimum atomic E-state index is -4.47. The molecule has 0 aromatic heterocycles. The summed E-state index contributed by atoms with van der Waals surface area (Å²) in [6.45, 7) is 0.274. The summed E-state index contributed by atoms with van der Waals surface area (Å²) in [6, 6.07) is 4.45. The van der Waals surface area contributed by atoms with Gasteiger partial charge in [0, 0.05) is 6.54 Å². The highest BCUT2D eigenvalue weighted by molar-refractivity contribution is 7.88. The van der Waals surface area contributed by atoms with Crippen LogP contribution >= 0.6 is 0 Å². The topological polar surface area (TPSA) is 37.4 Å². The minimum absolute atomic E-state index is 0.0397. The molecule has 7 heteroatoms. The summed E-state index contributed by atoms with van der Waals surface area (Å²) < 4.78 is 63.3. The van der Waals surface area contributed by atoms with Crippen molar-refractivity contribution in [2.24, 2.45) is 0 Å². The van der Waals surface area contributed by atoms with Gasteiger partial charge in [-0.05, 0) is 24.5 Å². The highest BCUT2D eigenvalue weighted by atomic mass is 32.2. The van der Waals surface area contributed by atoms with Gasteiger partial charge in [0.2, 0.25) is 10.0 Å². The van der Waals surface area contributed by atoms with Crippen LogP contribution in [0.2, 0.25) is 0 Å². The van der Waals surface area contributed by atoms with Crippen LogP contribution in [0.1, 0.15) is 30.0 Å². The van der Waals surface area contributed by atoms with Gasteiger partial charge in [0.1, 0.15) is 0 Å². The van der Waals surface area contributed by atoms with E-state index in [1.54, 1.807) is 0 Å². The van der Waals surface area contributed by atoms with Crippen molar-refractivity contribution in [2.75, 3.05) is 12.8 Å². The van der Waals surface area contributed by atoms with E-state index in [0.717, 1.165) is 16.6 Å². The molecule has 1 aromatic carbocycles. The van der Waals surface area contributed by atoms with Gasteiger partial charge in [0.15, 0.2) is 0 Å². The van der Waals surface area contributed by atoms with E-state index >= 15 is 0 Å². The third-order valence-corrected chi connectivity index (χ3v) is 4.54. The summed E-state index contributed by atoms with van der Waals surface area (Å²) in [5, 5.41) is 0. The van der Waals surface area contributed by atoms with Crippen molar-refractivity contribution in [3.63, 3.8) is 0 Å². The van der Waals surface area contributed by atoms with E-state index in [-0.39, 0.29) is 12.1 Å². The molecule has 1 heterocycles. The fraction of sp³-hybridized carbons (Fsp3) is 0.500. The minimum Gasteiger partial charge on any atom is -0.212 e. The monoisotopic (exact) mass is 293 g/mol. The molecule has 0 N–H and O–H groups in total. The molecule has 1 fully saturated rings. The first-order valence-electron chi connectivity index (χ1n) is 5.84. The Kier molecular flexibility index (Phi) is 3.61. The van der Waals surface area contributed by atoms with E-state index in [0.29, 0.717) is 12.8 Å². The van der Waals surface area contributed by atoms with Crippen molar-refractivity contribution in [3.8, 4) is 0 Å². The Labute approximate surface area is 110 Å². The average molecular weight is 293 g/mol. The SMILES string of the molecule is CS(=O)(=O)N1CCCC1c1ccccc1C(F)(F)F. The van der Waals surface area contributed by atoms with Crippen LogP contribution in [0.3, 0.4) is 0 Å². The van der Waals surface area contributed by atoms with E-state index < -0.39 is 27.8 Å². The van der Waals surface area contributed by atoms with Crippen molar-refractivity contribution in [1.29, 1.82) is 0 Å². The summed E-state index contributed by atoms with van der Waals surface area (Å²) in [6.07, 6.45) is -2.45. The van der Waals surface area contributed by atoms with Crippen LogP contribution in [-0.4, -0.2) is 25.5 Å². The van der Waals surface area contributed by atoms with Gasteiger partial charge >= 0.3 is 6.18 Å². The number of sulfonamides is 1. The molecule has 1 unspecified atom stereocenters. The fourth-order valence-electron chi connectivity index (χ4n) is 2.49. The largest absolute Gasteiger partial charge is 0.416 e. The number of hydrogen-bond donors (Lipinski definition) is 0. The van der Waals surface area contributed by atoms with Gasteiger partial charge in [-0.15, -0.1) is 0 Å². The van der Waals surface area contributed by atoms with Gasteiger partial charge in [-0.1, -0.05) is 18.2 Å². The van der Waals surface area contributed by atoms with E-state index in [9.17, 15) is 21.6 Å². The number of nitrogens with zero attached hydrogens (tertiary/aromatic N) is 1. The second-order valence-electron chi connectivity index (χ2n) is 4.62. The molecule has 106 valence electrons. The first-order valence-corrected chi connectivity index (χ1v) is 7.69. The van der Waals surface area contributed by atoms with Crippen molar-refractivity contribution in [1.82, 2.24) is 4.31 Å². The molecule has 0 radical (unpaired) electrons. The molecule has 0 bridgehead atoms. The molecule has 1 saturated heterocycles. The molecule has 1 aromatic rings. The molecule has 1 aliphatic rings. The predicted molar refractivity (Wildman–Crippen MR) is 65.0 cm³/mol. The van der Waals surface area contributed by atoms with Gasteiger partial charge in [0.25, 0.3) is 0 Å². The molecule has 0 aliphatic carbocycles. The van der Waals surface area contributed by atoms with Gasteiger partial charge in [0.05, 0.1) is 17.9 Å². The quantitative estimate of drug-likeness (QED) is 0.841. The lowest BCUT2D eigenvalue weighted by atomic mass is 9.99. The Bertz CT molecular complexity index is 569. The maximum Gasteiger partial charge on any atom is 0.416 e. The third kappa shape index (κ3) is 2.92. The molecule has 1 aliphatic heterocycles. The van der Waals surface area contributed by atoms with Crippen LogP contribution in [-0.2, 0) is 16.2 Å². The molecule has 19 heavy (non-hydrogen) atoms. The average Bonchev–Trinajstić information content (AvgIpc) is 2.76. The lowest BCUT2D eigenvalue weighted by molar-refractivity contribution is -0.138. The zero-order valence-electron chi connectivity index (χ0n) is 10.3. The Morgan fingerprint density at radius 2 is 1.89 bits per heavy atom. The van der Waals surface area contributed by atoms with Gasteiger partial charge < -0.3 is 0 Å². The van der Waals surface area contributed by atoms with Crippen LogP contribution in [0, 0.1) is 0 Å². The number of halogens is 3. The summed E-state index contributed by atoms with van der Waals surface area (Å²) in [5.74, 6) is 0. The van der Waals surface area contributed by atoms with E-state index in [2.05, 4.69) is 0 Å². The normalized spacial score (nSPS) is 21.8. The van der Waals surface area contributed by atoms with Crippen LogP contribution < -0.4 is 0 Å². The summed E-state index contributed by atoms with van der Waals surface area (Å²) in [4.78, 5) is 0. The van der Waals surface area contributed by atoms with E-state index in [4.69, 9.17) is 0 Å². The molecule has 3 nitrogen and oxygen atoms in total. The number of rotatable bonds is 2. The zero-order valence-corrected chi connectivity index (χ0v) is 11.1. The lowest BCUT2D eigenvalue weighted by Gasteiger charge is -2.25. The molecule has 2 rings (SSSR count). The first-order chi connectivity index (χ1) is 8.71. The standard InChI is InChI=1S/C12H14F3NO2S/c1-19(17,18)16-8-4-7-11(16)9-5-2-3-6-10(9)12(13,14)15/h2-3,5-6,11H,4,7-8H2,1H3. The predicted octanol–water partition coefficient (Wildman–Crippen LogP) is 2.80. The van der Waals surface area contributed by atoms with Crippen LogP contribution in [0.25, 0.3) is 0 Å². The fourth-order valence-corrected chi connectivity index (χ4v) is 3.64. The molecular formula is C12H14F3NO2S.